The van der Waals surface area contributed by atoms with Crippen LogP contribution in [0.2, 0.25) is 0 Å². The topological polar surface area (TPSA) is 12.0 Å². The summed E-state index contributed by atoms with van der Waals surface area (Å²) in [6.07, 6.45) is 9.50. The molecule has 2 aromatic carbocycles. The fourth-order valence-electron chi connectivity index (χ4n) is 7.15. The molecular weight excluding hydrogens is 362 g/mol. The number of benzene rings is 2. The molecule has 1 nitrogen and oxygen atoms in total. The van der Waals surface area contributed by atoms with Crippen LogP contribution in [0.15, 0.2) is 42.5 Å². The van der Waals surface area contributed by atoms with Crippen LogP contribution in [0.25, 0.3) is 0 Å². The Balaban J connectivity index is 1.70. The van der Waals surface area contributed by atoms with Crippen molar-refractivity contribution in [3.63, 3.8) is 0 Å². The van der Waals surface area contributed by atoms with Crippen LogP contribution in [0.4, 0.5) is 5.69 Å². The first-order valence-corrected chi connectivity index (χ1v) is 12.3. The number of hydrogen-bond acceptors (Lipinski definition) is 1. The first-order valence-electron chi connectivity index (χ1n) is 12.3. The summed E-state index contributed by atoms with van der Waals surface area (Å²) < 4.78 is 0. The lowest BCUT2D eigenvalue weighted by Gasteiger charge is -2.57. The van der Waals surface area contributed by atoms with E-state index in [0.717, 1.165) is 5.92 Å². The van der Waals surface area contributed by atoms with Crippen molar-refractivity contribution in [2.24, 2.45) is 5.92 Å². The van der Waals surface area contributed by atoms with Gasteiger partial charge in [-0.1, -0.05) is 90.3 Å². The van der Waals surface area contributed by atoms with E-state index in [-0.39, 0.29) is 16.4 Å². The third-order valence-corrected chi connectivity index (χ3v) is 8.72. The highest BCUT2D eigenvalue weighted by Crippen LogP contribution is 2.66. The molecule has 0 bridgehead atoms. The van der Waals surface area contributed by atoms with E-state index in [2.05, 4.69) is 82.4 Å². The molecule has 3 atom stereocenters. The third-order valence-electron chi connectivity index (χ3n) is 8.72. The number of rotatable bonds is 2. The van der Waals surface area contributed by atoms with Gasteiger partial charge in [-0.15, -0.1) is 0 Å². The highest BCUT2D eigenvalue weighted by atomic mass is 15.1. The normalized spacial score (nSPS) is 30.4. The average molecular weight is 402 g/mol. The molecular formula is C29H39N. The summed E-state index contributed by atoms with van der Waals surface area (Å²) in [6, 6.07) is 17.1. The van der Waals surface area contributed by atoms with Crippen molar-refractivity contribution in [2.75, 3.05) is 5.32 Å². The molecule has 1 N–H and O–H groups in total. The number of nitrogens with one attached hydrogen (secondary N) is 1. The Morgan fingerprint density at radius 3 is 2.33 bits per heavy atom. The second-order valence-corrected chi connectivity index (χ2v) is 11.6. The Hall–Kier alpha value is -1.76. The summed E-state index contributed by atoms with van der Waals surface area (Å²) in [5, 5.41) is 4.18. The number of fused-ring (bicyclic) bond motifs is 1. The molecule has 1 heterocycles. The van der Waals surface area contributed by atoms with E-state index in [4.69, 9.17) is 0 Å². The van der Waals surface area contributed by atoms with Gasteiger partial charge < -0.3 is 5.32 Å². The fraction of sp³-hybridized carbons (Fsp3) is 0.586. The monoisotopic (exact) mass is 401 g/mol. The smallest absolute Gasteiger partial charge is 0.0725 e. The van der Waals surface area contributed by atoms with Gasteiger partial charge in [-0.3, -0.25) is 0 Å². The lowest BCUT2D eigenvalue weighted by Crippen LogP contribution is -2.57. The Morgan fingerprint density at radius 2 is 1.63 bits per heavy atom. The number of hydrogen-bond donors (Lipinski definition) is 1. The molecule has 0 amide bonds. The van der Waals surface area contributed by atoms with E-state index in [1.807, 2.05) is 0 Å². The minimum absolute atomic E-state index is 0.0602. The van der Waals surface area contributed by atoms with E-state index in [1.54, 1.807) is 5.56 Å². The van der Waals surface area contributed by atoms with Crippen molar-refractivity contribution in [3.8, 4) is 0 Å². The van der Waals surface area contributed by atoms with Crippen LogP contribution in [0, 0.1) is 5.92 Å². The summed E-state index contributed by atoms with van der Waals surface area (Å²) >= 11 is 0. The van der Waals surface area contributed by atoms with Gasteiger partial charge in [0.05, 0.1) is 5.54 Å². The average Bonchev–Trinajstić information content (AvgIpc) is 3.02. The summed E-state index contributed by atoms with van der Waals surface area (Å²) in [5.41, 5.74) is 8.02. The molecule has 2 aliphatic carbocycles. The third kappa shape index (κ3) is 2.73. The van der Waals surface area contributed by atoms with Crippen LogP contribution in [-0.4, -0.2) is 0 Å². The SMILES string of the molecule is CC(C)c1ccc2c(c1)[C@]13CCCC[C@H]1CCC[C@@]3(c1ccc(C(C)(C)C)cc1)N2. The molecule has 0 saturated heterocycles. The zero-order valence-corrected chi connectivity index (χ0v) is 19.6. The molecule has 5 rings (SSSR count). The quantitative estimate of drug-likeness (QED) is 0.537. The van der Waals surface area contributed by atoms with Gasteiger partial charge in [-0.25, -0.2) is 0 Å². The lowest BCUT2D eigenvalue weighted by molar-refractivity contribution is 0.0564. The molecule has 160 valence electrons. The maximum absolute atomic E-state index is 4.18. The molecule has 0 unspecified atom stereocenters. The van der Waals surface area contributed by atoms with Crippen LogP contribution in [-0.2, 0) is 16.4 Å². The van der Waals surface area contributed by atoms with Gasteiger partial charge in [0.1, 0.15) is 0 Å². The van der Waals surface area contributed by atoms with E-state index < -0.39 is 0 Å². The van der Waals surface area contributed by atoms with E-state index in [1.165, 1.54) is 67.3 Å². The molecule has 2 saturated carbocycles. The standard InChI is InChI=1S/C29H39N/c1-20(2)21-11-16-26-25(19-21)28-17-7-6-9-23(28)10-8-18-29(28,30-26)24-14-12-22(13-15-24)27(3,4)5/h11-16,19-20,23,30H,6-10,17-18H2,1-5H3/t23-,28-,29-/m0/s1. The van der Waals surface area contributed by atoms with Crippen LogP contribution in [0.5, 0.6) is 0 Å². The van der Waals surface area contributed by atoms with Gasteiger partial charge in [-0.2, -0.15) is 0 Å². The van der Waals surface area contributed by atoms with Crippen molar-refractivity contribution in [2.45, 2.75) is 102 Å². The van der Waals surface area contributed by atoms with E-state index >= 15 is 0 Å². The van der Waals surface area contributed by atoms with Gasteiger partial charge >= 0.3 is 0 Å². The minimum atomic E-state index is 0.0602. The van der Waals surface area contributed by atoms with Crippen LogP contribution in [0.3, 0.4) is 0 Å². The fourth-order valence-corrected chi connectivity index (χ4v) is 7.15. The molecule has 2 fully saturated rings. The van der Waals surface area contributed by atoms with Crippen LogP contribution >= 0.6 is 0 Å². The van der Waals surface area contributed by atoms with E-state index in [9.17, 15) is 0 Å². The van der Waals surface area contributed by atoms with Crippen molar-refractivity contribution in [1.29, 1.82) is 0 Å². The van der Waals surface area contributed by atoms with Gasteiger partial charge in [0.15, 0.2) is 0 Å². The Morgan fingerprint density at radius 1 is 0.900 bits per heavy atom. The molecule has 30 heavy (non-hydrogen) atoms. The zero-order valence-electron chi connectivity index (χ0n) is 19.6. The molecule has 1 aliphatic heterocycles. The predicted octanol–water partition coefficient (Wildman–Crippen LogP) is 8.04. The highest BCUT2D eigenvalue weighted by molar-refractivity contribution is 5.68. The Kier molecular flexibility index (Phi) is 4.62. The van der Waals surface area contributed by atoms with E-state index in [0.29, 0.717) is 5.92 Å². The highest BCUT2D eigenvalue weighted by Gasteiger charge is 2.63. The lowest BCUT2D eigenvalue weighted by atomic mass is 9.48. The first kappa shape index (κ1) is 20.2. The molecule has 0 aromatic heterocycles. The van der Waals surface area contributed by atoms with Gasteiger partial charge in [0.25, 0.3) is 0 Å². The van der Waals surface area contributed by atoms with Crippen molar-refractivity contribution in [1.82, 2.24) is 0 Å². The van der Waals surface area contributed by atoms with Crippen molar-refractivity contribution >= 4 is 5.69 Å². The maximum atomic E-state index is 4.18. The predicted molar refractivity (Wildman–Crippen MR) is 128 cm³/mol. The van der Waals surface area contributed by atoms with Gasteiger partial charge in [-0.05, 0) is 71.3 Å². The van der Waals surface area contributed by atoms with Crippen molar-refractivity contribution < 1.29 is 0 Å². The second-order valence-electron chi connectivity index (χ2n) is 11.6. The van der Waals surface area contributed by atoms with Crippen LogP contribution < -0.4 is 5.32 Å². The zero-order chi connectivity index (χ0) is 21.1. The molecule has 0 radical (unpaired) electrons. The second kappa shape index (κ2) is 6.87. The largest absolute Gasteiger partial charge is 0.374 e. The summed E-state index contributed by atoms with van der Waals surface area (Å²) in [7, 11) is 0. The number of anilines is 1. The summed E-state index contributed by atoms with van der Waals surface area (Å²) in [5.74, 6) is 1.39. The van der Waals surface area contributed by atoms with Gasteiger partial charge in [0, 0.05) is 11.1 Å². The first-order chi connectivity index (χ1) is 14.3. The summed E-state index contributed by atoms with van der Waals surface area (Å²) in [6.45, 7) is 11.6. The molecule has 1 spiro atoms. The minimum Gasteiger partial charge on any atom is -0.374 e. The molecule has 2 aromatic rings. The Labute approximate surface area is 183 Å². The van der Waals surface area contributed by atoms with Crippen LogP contribution in [0.1, 0.15) is 108 Å². The van der Waals surface area contributed by atoms with Gasteiger partial charge in [0.2, 0.25) is 0 Å². The van der Waals surface area contributed by atoms with Crippen molar-refractivity contribution in [3.05, 3.63) is 64.7 Å². The Bertz CT molecular complexity index is 930. The molecule has 3 aliphatic rings. The summed E-state index contributed by atoms with van der Waals surface area (Å²) in [4.78, 5) is 0. The maximum Gasteiger partial charge on any atom is 0.0725 e. The molecule has 1 heteroatoms.